The van der Waals surface area contributed by atoms with Crippen molar-refractivity contribution in [1.82, 2.24) is 0 Å². The summed E-state index contributed by atoms with van der Waals surface area (Å²) in [4.78, 5) is 22.5. The van der Waals surface area contributed by atoms with E-state index in [1.807, 2.05) is 0 Å². The monoisotopic (exact) mass is 342 g/mol. The Morgan fingerprint density at radius 2 is 1.81 bits per heavy atom. The van der Waals surface area contributed by atoms with Gasteiger partial charge in [0.25, 0.3) is 5.69 Å². The van der Waals surface area contributed by atoms with Crippen LogP contribution in [0.4, 0.5) is 5.69 Å². The van der Waals surface area contributed by atoms with Gasteiger partial charge in [-0.05, 0) is 24.3 Å². The highest BCUT2D eigenvalue weighted by Crippen LogP contribution is 2.42. The summed E-state index contributed by atoms with van der Waals surface area (Å²) >= 11 is 13.1. The third-order valence-corrected chi connectivity index (χ3v) is 4.63. The molecule has 0 bridgehead atoms. The van der Waals surface area contributed by atoms with Crippen LogP contribution in [0.1, 0.15) is 10.4 Å². The maximum Gasteiger partial charge on any atom is 0.284 e. The van der Waals surface area contributed by atoms with Gasteiger partial charge in [0.05, 0.1) is 19.9 Å². The lowest BCUT2D eigenvalue weighted by Gasteiger charge is -2.07. The van der Waals surface area contributed by atoms with Crippen molar-refractivity contribution in [3.8, 4) is 0 Å². The summed E-state index contributed by atoms with van der Waals surface area (Å²) in [5.74, 6) is -0.731. The minimum absolute atomic E-state index is 0.0660. The van der Waals surface area contributed by atoms with Crippen LogP contribution in [0, 0.1) is 10.1 Å². The minimum Gasteiger partial charge on any atom is -0.366 e. The van der Waals surface area contributed by atoms with Gasteiger partial charge in [-0.2, -0.15) is 0 Å². The first-order valence-corrected chi connectivity index (χ1v) is 7.17. The molecule has 108 valence electrons. The fourth-order valence-electron chi connectivity index (χ4n) is 1.59. The molecule has 2 aromatic carbocycles. The SMILES string of the molecule is NC(=O)c1ccc(Sc2c(Cl)cccc2Cl)c([N+](=O)[O-])c1. The van der Waals surface area contributed by atoms with E-state index < -0.39 is 10.8 Å². The Hall–Kier alpha value is -1.76. The van der Waals surface area contributed by atoms with Crippen LogP contribution in [0.5, 0.6) is 0 Å². The van der Waals surface area contributed by atoms with Gasteiger partial charge < -0.3 is 5.73 Å². The summed E-state index contributed by atoms with van der Waals surface area (Å²) in [5, 5.41) is 11.9. The number of nitro benzene ring substituents is 1. The minimum atomic E-state index is -0.731. The second-order valence-electron chi connectivity index (χ2n) is 3.96. The van der Waals surface area contributed by atoms with Crippen LogP contribution >= 0.6 is 35.0 Å². The molecule has 2 aromatic rings. The maximum absolute atomic E-state index is 11.1. The van der Waals surface area contributed by atoms with E-state index in [0.717, 1.165) is 17.8 Å². The van der Waals surface area contributed by atoms with Crippen LogP contribution in [-0.2, 0) is 0 Å². The summed E-state index contributed by atoms with van der Waals surface area (Å²) in [5.41, 5.74) is 4.96. The molecule has 0 spiro atoms. The number of rotatable bonds is 4. The number of amides is 1. The lowest BCUT2D eigenvalue weighted by atomic mass is 10.2. The molecule has 0 aromatic heterocycles. The highest BCUT2D eigenvalue weighted by atomic mass is 35.5. The first kappa shape index (κ1) is 15.6. The Kier molecular flexibility index (Phi) is 4.72. The van der Waals surface area contributed by atoms with Crippen molar-refractivity contribution in [2.75, 3.05) is 0 Å². The molecule has 0 aliphatic rings. The van der Waals surface area contributed by atoms with Crippen LogP contribution in [0.2, 0.25) is 10.0 Å². The molecule has 0 atom stereocenters. The van der Waals surface area contributed by atoms with Gasteiger partial charge >= 0.3 is 0 Å². The zero-order valence-corrected chi connectivity index (χ0v) is 12.7. The molecule has 21 heavy (non-hydrogen) atoms. The number of nitrogens with zero attached hydrogens (tertiary/aromatic N) is 1. The lowest BCUT2D eigenvalue weighted by molar-refractivity contribution is -0.387. The van der Waals surface area contributed by atoms with Gasteiger partial charge in [-0.15, -0.1) is 0 Å². The van der Waals surface area contributed by atoms with E-state index in [-0.39, 0.29) is 11.3 Å². The van der Waals surface area contributed by atoms with Crippen molar-refractivity contribution in [3.05, 3.63) is 62.1 Å². The Morgan fingerprint density at radius 3 is 2.33 bits per heavy atom. The molecule has 0 aliphatic heterocycles. The lowest BCUT2D eigenvalue weighted by Crippen LogP contribution is -2.11. The van der Waals surface area contributed by atoms with Gasteiger partial charge in [0, 0.05) is 16.5 Å². The molecule has 2 N–H and O–H groups in total. The summed E-state index contributed by atoms with van der Waals surface area (Å²) in [7, 11) is 0. The number of benzene rings is 2. The van der Waals surface area contributed by atoms with E-state index in [4.69, 9.17) is 28.9 Å². The van der Waals surface area contributed by atoms with Crippen LogP contribution in [0.25, 0.3) is 0 Å². The highest BCUT2D eigenvalue weighted by Gasteiger charge is 2.19. The summed E-state index contributed by atoms with van der Waals surface area (Å²) in [6.45, 7) is 0. The topological polar surface area (TPSA) is 86.2 Å². The first-order valence-electron chi connectivity index (χ1n) is 5.60. The van der Waals surface area contributed by atoms with Crippen LogP contribution in [-0.4, -0.2) is 10.8 Å². The first-order chi connectivity index (χ1) is 9.90. The molecule has 1 amide bonds. The van der Waals surface area contributed by atoms with Crippen LogP contribution < -0.4 is 5.73 Å². The summed E-state index contributed by atoms with van der Waals surface area (Å²) in [6, 6.07) is 8.96. The molecule has 0 fully saturated rings. The number of carbonyl (C=O) groups is 1. The number of hydrogen-bond donors (Lipinski definition) is 1. The van der Waals surface area contributed by atoms with E-state index >= 15 is 0 Å². The Morgan fingerprint density at radius 1 is 1.19 bits per heavy atom. The number of halogens is 2. The molecule has 0 saturated heterocycles. The van der Waals surface area contributed by atoms with Crippen molar-refractivity contribution in [3.63, 3.8) is 0 Å². The van der Waals surface area contributed by atoms with E-state index in [1.54, 1.807) is 18.2 Å². The molecule has 0 aliphatic carbocycles. The number of nitro groups is 1. The standard InChI is InChI=1S/C13H8Cl2N2O3S/c14-8-2-1-3-9(15)12(8)21-11-5-4-7(13(16)18)6-10(11)17(19)20/h1-6H,(H2,16,18). The van der Waals surface area contributed by atoms with Crippen molar-refractivity contribution >= 4 is 46.6 Å². The van der Waals surface area contributed by atoms with Gasteiger partial charge in [0.1, 0.15) is 0 Å². The number of nitrogens with two attached hydrogens (primary N) is 1. The van der Waals surface area contributed by atoms with E-state index in [1.165, 1.54) is 12.1 Å². The smallest absolute Gasteiger partial charge is 0.284 e. The fraction of sp³-hybridized carbons (Fsp3) is 0. The number of carbonyl (C=O) groups excluding carboxylic acids is 1. The van der Waals surface area contributed by atoms with E-state index in [2.05, 4.69) is 0 Å². The maximum atomic E-state index is 11.1. The molecular weight excluding hydrogens is 335 g/mol. The van der Waals surface area contributed by atoms with Gasteiger partial charge in [-0.25, -0.2) is 0 Å². The van der Waals surface area contributed by atoms with Crippen molar-refractivity contribution in [2.45, 2.75) is 9.79 Å². The molecule has 0 heterocycles. The van der Waals surface area contributed by atoms with Crippen LogP contribution in [0.15, 0.2) is 46.2 Å². The molecular formula is C13H8Cl2N2O3S. The quantitative estimate of drug-likeness (QED) is 0.667. The van der Waals surface area contributed by atoms with Crippen molar-refractivity contribution in [1.29, 1.82) is 0 Å². The number of hydrogen-bond acceptors (Lipinski definition) is 4. The Bertz CT molecular complexity index is 717. The van der Waals surface area contributed by atoms with Gasteiger partial charge in [0.2, 0.25) is 5.91 Å². The normalized spacial score (nSPS) is 10.4. The second-order valence-corrected chi connectivity index (χ2v) is 5.82. The highest BCUT2D eigenvalue weighted by molar-refractivity contribution is 7.99. The Labute approximate surface area is 134 Å². The van der Waals surface area contributed by atoms with Crippen LogP contribution in [0.3, 0.4) is 0 Å². The zero-order valence-electron chi connectivity index (χ0n) is 10.4. The average Bonchev–Trinajstić information content (AvgIpc) is 2.42. The fourth-order valence-corrected chi connectivity index (χ4v) is 3.14. The third-order valence-electron chi connectivity index (χ3n) is 2.57. The van der Waals surface area contributed by atoms with Gasteiger partial charge in [-0.1, -0.05) is 41.0 Å². The predicted octanol–water partition coefficient (Wildman–Crippen LogP) is 4.15. The average molecular weight is 343 g/mol. The molecule has 0 unspecified atom stereocenters. The predicted molar refractivity (Wildman–Crippen MR) is 82.2 cm³/mol. The van der Waals surface area contributed by atoms with Gasteiger partial charge in [-0.3, -0.25) is 14.9 Å². The summed E-state index contributed by atoms with van der Waals surface area (Å²) in [6.07, 6.45) is 0. The van der Waals surface area contributed by atoms with Crippen molar-refractivity contribution in [2.24, 2.45) is 5.73 Å². The van der Waals surface area contributed by atoms with Crippen molar-refractivity contribution < 1.29 is 9.72 Å². The number of primary amides is 1. The summed E-state index contributed by atoms with van der Waals surface area (Å²) < 4.78 is 0. The molecule has 8 heteroatoms. The zero-order chi connectivity index (χ0) is 15.6. The second kappa shape index (κ2) is 6.34. The molecule has 2 rings (SSSR count). The molecule has 0 radical (unpaired) electrons. The van der Waals surface area contributed by atoms with E-state index in [9.17, 15) is 14.9 Å². The van der Waals surface area contributed by atoms with Gasteiger partial charge in [0.15, 0.2) is 0 Å². The third kappa shape index (κ3) is 3.47. The molecule has 5 nitrogen and oxygen atoms in total. The Balaban J connectivity index is 2.49. The largest absolute Gasteiger partial charge is 0.366 e. The van der Waals surface area contributed by atoms with E-state index in [0.29, 0.717) is 19.8 Å². The molecule has 0 saturated carbocycles.